The lowest BCUT2D eigenvalue weighted by atomic mass is 10.2. The van der Waals surface area contributed by atoms with E-state index in [1.165, 1.54) is 0 Å². The monoisotopic (exact) mass is 206 g/mol. The summed E-state index contributed by atoms with van der Waals surface area (Å²) in [7, 11) is 0. The minimum absolute atomic E-state index is 0.240. The second-order valence-electron chi connectivity index (χ2n) is 3.62. The minimum atomic E-state index is -0.413. The lowest BCUT2D eigenvalue weighted by Gasteiger charge is -2.12. The molecule has 80 valence electrons. The zero-order valence-electron chi connectivity index (χ0n) is 8.40. The highest BCUT2D eigenvalue weighted by atomic mass is 16.5. The van der Waals surface area contributed by atoms with Crippen molar-refractivity contribution >= 4 is 5.91 Å². The molecular weight excluding hydrogens is 192 g/mol. The molecule has 0 spiro atoms. The molecule has 1 aromatic rings. The summed E-state index contributed by atoms with van der Waals surface area (Å²) in [6.45, 7) is 1.89. The highest BCUT2D eigenvalue weighted by Gasteiger charge is 2.15. The second kappa shape index (κ2) is 4.31. The van der Waals surface area contributed by atoms with E-state index in [9.17, 15) is 4.79 Å². The summed E-state index contributed by atoms with van der Waals surface area (Å²) < 4.78 is 5.70. The number of ether oxygens (including phenoxy) is 1. The Labute approximate surface area is 88.4 Å². The lowest BCUT2D eigenvalue weighted by molar-refractivity contribution is 0.100. The molecule has 1 heterocycles. The van der Waals surface area contributed by atoms with E-state index in [0.29, 0.717) is 5.56 Å². The number of carbonyl (C=O) groups is 1. The molecule has 1 saturated heterocycles. The number of nitrogens with one attached hydrogen (secondary N) is 1. The summed E-state index contributed by atoms with van der Waals surface area (Å²) in [5.41, 5.74) is 5.64. The van der Waals surface area contributed by atoms with Crippen molar-refractivity contribution in [2.24, 2.45) is 5.73 Å². The van der Waals surface area contributed by atoms with Gasteiger partial charge < -0.3 is 15.8 Å². The van der Waals surface area contributed by atoms with Gasteiger partial charge in [-0.3, -0.25) is 4.79 Å². The van der Waals surface area contributed by atoms with Crippen LogP contribution in [0.4, 0.5) is 0 Å². The number of rotatable bonds is 3. The van der Waals surface area contributed by atoms with Crippen molar-refractivity contribution in [2.75, 3.05) is 13.1 Å². The molecule has 0 aromatic heterocycles. The number of benzene rings is 1. The van der Waals surface area contributed by atoms with Crippen molar-refractivity contribution in [2.45, 2.75) is 12.5 Å². The third-order valence-electron chi connectivity index (χ3n) is 2.46. The van der Waals surface area contributed by atoms with Gasteiger partial charge in [-0.05, 0) is 37.2 Å². The van der Waals surface area contributed by atoms with Crippen LogP contribution in [0.2, 0.25) is 0 Å². The SMILES string of the molecule is NC(=O)c1ccc(O[C@H]2CCNC2)cc1. The molecule has 0 radical (unpaired) electrons. The first kappa shape index (κ1) is 9.98. The minimum Gasteiger partial charge on any atom is -0.489 e. The maximum Gasteiger partial charge on any atom is 0.248 e. The fraction of sp³-hybridized carbons (Fsp3) is 0.364. The average Bonchev–Trinajstić information content (AvgIpc) is 2.71. The Kier molecular flexibility index (Phi) is 2.87. The second-order valence-corrected chi connectivity index (χ2v) is 3.62. The average molecular weight is 206 g/mol. The van der Waals surface area contributed by atoms with Crippen LogP contribution in [-0.4, -0.2) is 25.1 Å². The highest BCUT2D eigenvalue weighted by Crippen LogP contribution is 2.15. The number of hydrogen-bond donors (Lipinski definition) is 2. The standard InChI is InChI=1S/C11H14N2O2/c12-11(14)8-1-3-9(4-2-8)15-10-5-6-13-7-10/h1-4,10,13H,5-7H2,(H2,12,14)/t10-/m0/s1. The molecule has 0 unspecified atom stereocenters. The molecular formula is C11H14N2O2. The molecule has 1 amide bonds. The van der Waals surface area contributed by atoms with Crippen molar-refractivity contribution in [1.29, 1.82) is 0 Å². The summed E-state index contributed by atoms with van der Waals surface area (Å²) in [6, 6.07) is 6.91. The van der Waals surface area contributed by atoms with Gasteiger partial charge in [0.25, 0.3) is 0 Å². The zero-order valence-corrected chi connectivity index (χ0v) is 8.40. The van der Waals surface area contributed by atoms with Crippen LogP contribution in [0, 0.1) is 0 Å². The van der Waals surface area contributed by atoms with Gasteiger partial charge in [-0.15, -0.1) is 0 Å². The Morgan fingerprint density at radius 3 is 2.67 bits per heavy atom. The first-order valence-corrected chi connectivity index (χ1v) is 5.03. The van der Waals surface area contributed by atoms with Gasteiger partial charge in [0.2, 0.25) is 5.91 Å². The number of hydrogen-bond acceptors (Lipinski definition) is 3. The van der Waals surface area contributed by atoms with Gasteiger partial charge >= 0.3 is 0 Å². The Balaban J connectivity index is 2.00. The zero-order chi connectivity index (χ0) is 10.7. The summed E-state index contributed by atoms with van der Waals surface area (Å²) in [5.74, 6) is 0.373. The first-order valence-electron chi connectivity index (χ1n) is 5.03. The maximum atomic E-state index is 10.8. The molecule has 1 aromatic carbocycles. The third-order valence-corrected chi connectivity index (χ3v) is 2.46. The van der Waals surface area contributed by atoms with Crippen LogP contribution in [0.15, 0.2) is 24.3 Å². The van der Waals surface area contributed by atoms with Crippen LogP contribution in [0.25, 0.3) is 0 Å². The van der Waals surface area contributed by atoms with E-state index < -0.39 is 5.91 Å². The van der Waals surface area contributed by atoms with Gasteiger partial charge in [0.05, 0.1) is 0 Å². The molecule has 1 aliphatic rings. The van der Waals surface area contributed by atoms with Crippen molar-refractivity contribution in [3.05, 3.63) is 29.8 Å². The summed E-state index contributed by atoms with van der Waals surface area (Å²) in [5, 5.41) is 3.22. The van der Waals surface area contributed by atoms with Crippen LogP contribution in [0.5, 0.6) is 5.75 Å². The van der Waals surface area contributed by atoms with Crippen LogP contribution in [-0.2, 0) is 0 Å². The number of primary amides is 1. The molecule has 0 saturated carbocycles. The van der Waals surface area contributed by atoms with Crippen LogP contribution < -0.4 is 15.8 Å². The Hall–Kier alpha value is -1.55. The predicted octanol–water partition coefficient (Wildman–Crippen LogP) is 0.526. The van der Waals surface area contributed by atoms with Gasteiger partial charge in [0.1, 0.15) is 11.9 Å². The highest BCUT2D eigenvalue weighted by molar-refractivity contribution is 5.92. The van der Waals surface area contributed by atoms with Crippen molar-refractivity contribution in [3.63, 3.8) is 0 Å². The van der Waals surface area contributed by atoms with E-state index in [0.717, 1.165) is 25.3 Å². The maximum absolute atomic E-state index is 10.8. The summed E-state index contributed by atoms with van der Waals surface area (Å²) >= 11 is 0. The summed E-state index contributed by atoms with van der Waals surface area (Å²) in [6.07, 6.45) is 1.27. The topological polar surface area (TPSA) is 64.4 Å². The molecule has 1 atom stereocenters. The lowest BCUT2D eigenvalue weighted by Crippen LogP contribution is -2.19. The largest absolute Gasteiger partial charge is 0.489 e. The van der Waals surface area contributed by atoms with Crippen molar-refractivity contribution in [3.8, 4) is 5.75 Å². The van der Waals surface area contributed by atoms with Crippen molar-refractivity contribution < 1.29 is 9.53 Å². The molecule has 0 aliphatic carbocycles. The van der Waals surface area contributed by atoms with Crippen LogP contribution in [0.3, 0.4) is 0 Å². The Morgan fingerprint density at radius 1 is 1.40 bits per heavy atom. The van der Waals surface area contributed by atoms with Gasteiger partial charge in [-0.25, -0.2) is 0 Å². The van der Waals surface area contributed by atoms with Gasteiger partial charge in [-0.2, -0.15) is 0 Å². The molecule has 3 N–H and O–H groups in total. The summed E-state index contributed by atoms with van der Waals surface area (Å²) in [4.78, 5) is 10.8. The molecule has 4 heteroatoms. The third kappa shape index (κ3) is 2.47. The number of carbonyl (C=O) groups excluding carboxylic acids is 1. The van der Waals surface area contributed by atoms with Gasteiger partial charge in [0, 0.05) is 12.1 Å². The van der Waals surface area contributed by atoms with Crippen molar-refractivity contribution in [1.82, 2.24) is 5.32 Å². The Morgan fingerprint density at radius 2 is 2.13 bits per heavy atom. The van der Waals surface area contributed by atoms with Gasteiger partial charge in [-0.1, -0.05) is 0 Å². The van der Waals surface area contributed by atoms with Crippen LogP contribution in [0.1, 0.15) is 16.8 Å². The quantitative estimate of drug-likeness (QED) is 0.758. The first-order chi connectivity index (χ1) is 7.25. The molecule has 15 heavy (non-hydrogen) atoms. The molecule has 1 fully saturated rings. The van der Waals surface area contributed by atoms with E-state index in [1.807, 2.05) is 0 Å². The fourth-order valence-corrected chi connectivity index (χ4v) is 1.62. The van der Waals surface area contributed by atoms with Crippen LogP contribution >= 0.6 is 0 Å². The fourth-order valence-electron chi connectivity index (χ4n) is 1.62. The van der Waals surface area contributed by atoms with E-state index in [4.69, 9.17) is 10.5 Å². The van der Waals surface area contributed by atoms with E-state index in [2.05, 4.69) is 5.32 Å². The molecule has 4 nitrogen and oxygen atoms in total. The van der Waals surface area contributed by atoms with Gasteiger partial charge in [0.15, 0.2) is 0 Å². The predicted molar refractivity (Wildman–Crippen MR) is 56.9 cm³/mol. The normalized spacial score (nSPS) is 20.1. The Bertz CT molecular complexity index is 342. The molecule has 2 rings (SSSR count). The molecule has 0 bridgehead atoms. The molecule has 1 aliphatic heterocycles. The van der Waals surface area contributed by atoms with E-state index in [1.54, 1.807) is 24.3 Å². The number of nitrogens with two attached hydrogens (primary N) is 1. The number of amides is 1. The smallest absolute Gasteiger partial charge is 0.248 e. The van der Waals surface area contributed by atoms with E-state index in [-0.39, 0.29) is 6.10 Å². The van der Waals surface area contributed by atoms with E-state index >= 15 is 0 Å².